The molecular formula is C26H25FN4O2. The normalized spacial score (nSPS) is 21.7. The summed E-state index contributed by atoms with van der Waals surface area (Å²) in [5.74, 6) is -0.838. The Balaban J connectivity index is 1.40. The van der Waals surface area contributed by atoms with Gasteiger partial charge in [0.1, 0.15) is 5.82 Å². The van der Waals surface area contributed by atoms with E-state index in [1.807, 2.05) is 23.2 Å². The molecule has 0 unspecified atom stereocenters. The van der Waals surface area contributed by atoms with E-state index < -0.39 is 11.7 Å². The third-order valence-corrected chi connectivity index (χ3v) is 7.13. The SMILES string of the molecule is O=C([C@@H]1C=C2c3cccc4[nH]cc(c34)C[C@H]2N(C(=O)Nc2ccccc2F)C1)N1CCCC1. The number of fused-ring (bicyclic) bond motifs is 2. The molecule has 3 aromatic rings. The van der Waals surface area contributed by atoms with E-state index in [0.29, 0.717) is 6.42 Å². The van der Waals surface area contributed by atoms with Gasteiger partial charge in [0.15, 0.2) is 0 Å². The van der Waals surface area contributed by atoms with E-state index in [1.165, 1.54) is 6.07 Å². The summed E-state index contributed by atoms with van der Waals surface area (Å²) in [5, 5.41) is 3.89. The maximum atomic E-state index is 14.3. The molecule has 1 saturated heterocycles. The number of carbonyl (C=O) groups excluding carboxylic acids is 2. The number of benzene rings is 2. The first kappa shape index (κ1) is 20.0. The second-order valence-corrected chi connectivity index (χ2v) is 9.09. The Hall–Kier alpha value is -3.61. The molecule has 1 fully saturated rings. The van der Waals surface area contributed by atoms with Gasteiger partial charge in [-0.05, 0) is 54.2 Å². The minimum Gasteiger partial charge on any atom is -0.361 e. The van der Waals surface area contributed by atoms with Crippen LogP contribution in [-0.2, 0) is 11.2 Å². The third kappa shape index (κ3) is 3.30. The molecule has 33 heavy (non-hydrogen) atoms. The lowest BCUT2D eigenvalue weighted by molar-refractivity contribution is -0.133. The lowest BCUT2D eigenvalue weighted by atomic mass is 9.79. The molecule has 3 heterocycles. The minimum atomic E-state index is -0.482. The summed E-state index contributed by atoms with van der Waals surface area (Å²) in [6.45, 7) is 1.81. The Bertz CT molecular complexity index is 1290. The van der Waals surface area contributed by atoms with E-state index in [1.54, 1.807) is 23.1 Å². The van der Waals surface area contributed by atoms with Crippen LogP contribution in [0.1, 0.15) is 24.0 Å². The summed E-state index contributed by atoms with van der Waals surface area (Å²) >= 11 is 0. The van der Waals surface area contributed by atoms with Crippen molar-refractivity contribution >= 4 is 34.1 Å². The molecule has 2 N–H and O–H groups in total. The van der Waals surface area contributed by atoms with Crippen LogP contribution in [0, 0.1) is 11.7 Å². The molecule has 6 rings (SSSR count). The Labute approximate surface area is 191 Å². The van der Waals surface area contributed by atoms with Gasteiger partial charge in [-0.2, -0.15) is 0 Å². The highest BCUT2D eigenvalue weighted by atomic mass is 19.1. The number of para-hydroxylation sites is 1. The number of aromatic amines is 1. The summed E-state index contributed by atoms with van der Waals surface area (Å²) in [7, 11) is 0. The van der Waals surface area contributed by atoms with E-state index in [-0.39, 0.29) is 30.2 Å². The number of urea groups is 1. The largest absolute Gasteiger partial charge is 0.361 e. The topological polar surface area (TPSA) is 68.4 Å². The van der Waals surface area contributed by atoms with Crippen LogP contribution in [0.2, 0.25) is 0 Å². The van der Waals surface area contributed by atoms with Crippen LogP contribution in [-0.4, -0.2) is 52.4 Å². The van der Waals surface area contributed by atoms with Crippen molar-refractivity contribution in [3.05, 3.63) is 71.7 Å². The average molecular weight is 445 g/mol. The molecule has 3 amide bonds. The van der Waals surface area contributed by atoms with Crippen LogP contribution in [0.5, 0.6) is 0 Å². The van der Waals surface area contributed by atoms with Gasteiger partial charge in [0.05, 0.1) is 17.6 Å². The molecule has 6 nitrogen and oxygen atoms in total. The summed E-state index contributed by atoms with van der Waals surface area (Å²) in [4.78, 5) is 33.7. The standard InChI is InChI=1S/C26H25FN4O2/c27-20-7-1-2-8-21(20)29-26(33)31-15-17(25(32)30-10-3-4-11-30)12-19-18-6-5-9-22-24(18)16(14-28-22)13-23(19)31/h1-2,5-9,12,14,17,23,28H,3-4,10-11,13,15H2,(H,29,33)/t17-,23-/m1/s1. The number of H-pyrrole nitrogens is 1. The molecule has 0 bridgehead atoms. The summed E-state index contributed by atoms with van der Waals surface area (Å²) < 4.78 is 14.3. The molecule has 2 aromatic carbocycles. The van der Waals surface area contributed by atoms with Crippen molar-refractivity contribution in [3.8, 4) is 0 Å². The van der Waals surface area contributed by atoms with Crippen molar-refractivity contribution in [2.45, 2.75) is 25.3 Å². The van der Waals surface area contributed by atoms with Crippen molar-refractivity contribution in [3.63, 3.8) is 0 Å². The number of hydrogen-bond donors (Lipinski definition) is 2. The number of hydrogen-bond acceptors (Lipinski definition) is 2. The van der Waals surface area contributed by atoms with Gasteiger partial charge in [0, 0.05) is 36.7 Å². The van der Waals surface area contributed by atoms with Crippen LogP contribution in [0.3, 0.4) is 0 Å². The number of amides is 3. The molecular weight excluding hydrogens is 419 g/mol. The zero-order valence-electron chi connectivity index (χ0n) is 18.2. The van der Waals surface area contributed by atoms with Gasteiger partial charge in [0.25, 0.3) is 0 Å². The van der Waals surface area contributed by atoms with Crippen LogP contribution >= 0.6 is 0 Å². The monoisotopic (exact) mass is 444 g/mol. The highest BCUT2D eigenvalue weighted by molar-refractivity contribution is 6.01. The Morgan fingerprint density at radius 3 is 2.70 bits per heavy atom. The molecule has 3 aliphatic rings. The van der Waals surface area contributed by atoms with Crippen LogP contribution in [0.15, 0.2) is 54.7 Å². The zero-order valence-corrected chi connectivity index (χ0v) is 18.2. The van der Waals surface area contributed by atoms with Gasteiger partial charge in [-0.25, -0.2) is 9.18 Å². The quantitative estimate of drug-likeness (QED) is 0.615. The second kappa shape index (κ2) is 7.76. The van der Waals surface area contributed by atoms with Crippen molar-refractivity contribution in [2.75, 3.05) is 25.0 Å². The lowest BCUT2D eigenvalue weighted by Gasteiger charge is -2.42. The molecule has 2 atom stereocenters. The molecule has 1 aliphatic carbocycles. The highest BCUT2D eigenvalue weighted by Gasteiger charge is 2.40. The van der Waals surface area contributed by atoms with Gasteiger partial charge in [-0.3, -0.25) is 4.79 Å². The lowest BCUT2D eigenvalue weighted by Crippen LogP contribution is -2.52. The third-order valence-electron chi connectivity index (χ3n) is 7.13. The minimum absolute atomic E-state index is 0.0641. The van der Waals surface area contributed by atoms with E-state index in [2.05, 4.69) is 22.4 Å². The number of anilines is 1. The molecule has 168 valence electrons. The van der Waals surface area contributed by atoms with E-state index in [0.717, 1.165) is 53.5 Å². The average Bonchev–Trinajstić information content (AvgIpc) is 3.51. The number of likely N-dealkylation sites (tertiary alicyclic amines) is 1. The fourth-order valence-electron chi connectivity index (χ4n) is 5.54. The molecule has 0 saturated carbocycles. The number of rotatable bonds is 2. The van der Waals surface area contributed by atoms with Gasteiger partial charge >= 0.3 is 6.03 Å². The second-order valence-electron chi connectivity index (χ2n) is 9.09. The molecule has 7 heteroatoms. The van der Waals surface area contributed by atoms with E-state index in [4.69, 9.17) is 0 Å². The molecule has 2 aliphatic heterocycles. The Kier molecular flexibility index (Phi) is 4.71. The van der Waals surface area contributed by atoms with Gasteiger partial charge < -0.3 is 20.1 Å². The Morgan fingerprint density at radius 1 is 1.06 bits per heavy atom. The first-order valence-corrected chi connectivity index (χ1v) is 11.5. The zero-order chi connectivity index (χ0) is 22.5. The summed E-state index contributed by atoms with van der Waals surface area (Å²) in [5.41, 5.74) is 4.40. The number of nitrogens with zero attached hydrogens (tertiary/aromatic N) is 2. The first-order valence-electron chi connectivity index (χ1n) is 11.5. The van der Waals surface area contributed by atoms with Gasteiger partial charge in [-0.15, -0.1) is 0 Å². The Morgan fingerprint density at radius 2 is 1.88 bits per heavy atom. The van der Waals surface area contributed by atoms with Crippen LogP contribution < -0.4 is 5.32 Å². The molecule has 0 spiro atoms. The molecule has 0 radical (unpaired) electrons. The fraction of sp³-hybridized carbons (Fsp3) is 0.308. The summed E-state index contributed by atoms with van der Waals surface area (Å²) in [6, 6.07) is 11.7. The predicted octanol–water partition coefficient (Wildman–Crippen LogP) is 4.40. The predicted molar refractivity (Wildman–Crippen MR) is 125 cm³/mol. The van der Waals surface area contributed by atoms with Crippen LogP contribution in [0.4, 0.5) is 14.9 Å². The molecule has 1 aromatic heterocycles. The van der Waals surface area contributed by atoms with Gasteiger partial charge in [0.2, 0.25) is 5.91 Å². The van der Waals surface area contributed by atoms with E-state index >= 15 is 0 Å². The van der Waals surface area contributed by atoms with Crippen LogP contribution in [0.25, 0.3) is 16.5 Å². The highest BCUT2D eigenvalue weighted by Crippen LogP contribution is 2.41. The number of aromatic nitrogens is 1. The number of nitrogens with one attached hydrogen (secondary N) is 2. The smallest absolute Gasteiger partial charge is 0.322 e. The van der Waals surface area contributed by atoms with Crippen molar-refractivity contribution < 1.29 is 14.0 Å². The maximum Gasteiger partial charge on any atom is 0.322 e. The fourth-order valence-corrected chi connectivity index (χ4v) is 5.54. The van der Waals surface area contributed by atoms with E-state index in [9.17, 15) is 14.0 Å². The van der Waals surface area contributed by atoms with Crippen molar-refractivity contribution in [1.29, 1.82) is 0 Å². The van der Waals surface area contributed by atoms with Gasteiger partial charge in [-0.1, -0.05) is 30.3 Å². The number of halogens is 1. The maximum absolute atomic E-state index is 14.3. The van der Waals surface area contributed by atoms with Crippen molar-refractivity contribution in [2.24, 2.45) is 5.92 Å². The van der Waals surface area contributed by atoms with Crippen molar-refractivity contribution in [1.82, 2.24) is 14.8 Å². The summed E-state index contributed by atoms with van der Waals surface area (Å²) in [6.07, 6.45) is 6.75. The number of carbonyl (C=O) groups is 2. The first-order chi connectivity index (χ1) is 16.1.